The van der Waals surface area contributed by atoms with E-state index in [0.717, 1.165) is 71.0 Å². The smallest absolute Gasteiger partial charge is 0.0149 e. The molecule has 558 valence electrons. The van der Waals surface area contributed by atoms with Gasteiger partial charge in [-0.1, -0.05) is 215 Å². The molecule has 3 saturated carbocycles. The predicted molar refractivity (Wildman–Crippen MR) is 463 cm³/mol. The third kappa shape index (κ3) is 25.5. The molecule has 102 heavy (non-hydrogen) atoms. The molecule has 9 aromatic rings. The van der Waals surface area contributed by atoms with Crippen molar-refractivity contribution in [2.75, 3.05) is 0 Å². The van der Waals surface area contributed by atoms with Crippen molar-refractivity contribution in [1.29, 1.82) is 0 Å². The molecule has 0 spiro atoms. The molecule has 3 aliphatic rings. The standard InChI is InChI=1S/3C14H16.C10H20.C10H14.2C10H20.2C10H14/c1-9-5-7-14-12(4)10(2)6-8-13(14)11(9)3;2*1-9-5-6-13-12(4)10(2)8-11(3)14(13)7-9;2*1-7-5-9(3)10(4)6-8(7)2;4*1-7-5-8(2)10(4)9(3)6-7/h3*5-8H,1-4H3;7-10H,5-6H2,1-4H3;5-6H,1-4H3;2*7-10H,5-6H2,1-4H3;2*5-6H,1-4H3. The zero-order valence-electron chi connectivity index (χ0n) is 72.6. The van der Waals surface area contributed by atoms with Gasteiger partial charge in [-0.3, -0.25) is 0 Å². The van der Waals surface area contributed by atoms with Gasteiger partial charge in [-0.05, 0) is 419 Å². The van der Waals surface area contributed by atoms with Crippen LogP contribution in [0.15, 0.2) is 109 Å². The van der Waals surface area contributed by atoms with Gasteiger partial charge < -0.3 is 0 Å². The minimum absolute atomic E-state index is 0.955. The molecular formula is C102H150. The van der Waals surface area contributed by atoms with Crippen molar-refractivity contribution in [3.63, 3.8) is 0 Å². The molecule has 9 aromatic carbocycles. The first kappa shape index (κ1) is 88.2. The third-order valence-electron chi connectivity index (χ3n) is 25.7. The normalized spacial score (nSPS) is 21.9. The zero-order valence-corrected chi connectivity index (χ0v) is 72.6. The summed E-state index contributed by atoms with van der Waals surface area (Å²) in [6.45, 7) is 80.8. The third-order valence-corrected chi connectivity index (χ3v) is 25.7. The fourth-order valence-electron chi connectivity index (χ4n) is 16.4. The number of hydrogen-bond donors (Lipinski definition) is 0. The van der Waals surface area contributed by atoms with E-state index in [1.807, 2.05) is 0 Å². The summed E-state index contributed by atoms with van der Waals surface area (Å²) < 4.78 is 0. The van der Waals surface area contributed by atoms with E-state index in [1.54, 1.807) is 0 Å². The summed E-state index contributed by atoms with van der Waals surface area (Å²) in [5.41, 5.74) is 33.3. The molecule has 0 bridgehead atoms. The van der Waals surface area contributed by atoms with Crippen LogP contribution in [-0.2, 0) is 0 Å². The summed E-state index contributed by atoms with van der Waals surface area (Å²) in [5.74, 6) is 11.5. The Bertz CT molecular complexity index is 3740. The van der Waals surface area contributed by atoms with Crippen molar-refractivity contribution in [3.05, 3.63) is 243 Å². The molecule has 0 heteroatoms. The highest BCUT2D eigenvalue weighted by Gasteiger charge is 2.29. The minimum atomic E-state index is 0.955. The Morgan fingerprint density at radius 2 is 0.382 bits per heavy atom. The number of rotatable bonds is 0. The largest absolute Gasteiger partial charge is 0.0625 e. The summed E-state index contributed by atoms with van der Waals surface area (Å²) in [6, 6.07) is 40.2. The van der Waals surface area contributed by atoms with Crippen LogP contribution in [0.5, 0.6) is 0 Å². The molecule has 3 aliphatic carbocycles. The van der Waals surface area contributed by atoms with Crippen LogP contribution in [0, 0.1) is 237 Å². The zero-order chi connectivity index (χ0) is 77.2. The van der Waals surface area contributed by atoms with Gasteiger partial charge in [-0.15, -0.1) is 0 Å². The molecule has 0 saturated heterocycles. The average molecular weight is 1380 g/mol. The fraction of sp³-hybridized carbons (Fsp3) is 0.529. The van der Waals surface area contributed by atoms with Crippen molar-refractivity contribution in [2.45, 2.75) is 288 Å². The summed E-state index contributed by atoms with van der Waals surface area (Å²) in [6.07, 6.45) is 8.69. The van der Waals surface area contributed by atoms with Crippen LogP contribution < -0.4 is 0 Å². The van der Waals surface area contributed by atoms with E-state index in [2.05, 4.69) is 358 Å². The van der Waals surface area contributed by atoms with E-state index in [-0.39, 0.29) is 0 Å². The van der Waals surface area contributed by atoms with E-state index < -0.39 is 0 Å². The van der Waals surface area contributed by atoms with E-state index in [9.17, 15) is 0 Å². The van der Waals surface area contributed by atoms with Gasteiger partial charge in [0.05, 0.1) is 0 Å². The van der Waals surface area contributed by atoms with Crippen LogP contribution in [0.2, 0.25) is 0 Å². The highest BCUT2D eigenvalue weighted by molar-refractivity contribution is 5.91. The molecule has 12 rings (SSSR count). The average Bonchev–Trinajstić information content (AvgIpc) is 0.802. The second-order valence-corrected chi connectivity index (χ2v) is 34.7. The van der Waals surface area contributed by atoms with Crippen molar-refractivity contribution >= 4 is 32.3 Å². The fourth-order valence-corrected chi connectivity index (χ4v) is 16.4. The van der Waals surface area contributed by atoms with Crippen molar-refractivity contribution in [3.8, 4) is 0 Å². The first-order valence-corrected chi connectivity index (χ1v) is 40.0. The summed E-state index contributed by atoms with van der Waals surface area (Å²) in [4.78, 5) is 0. The Hall–Kier alpha value is -6.24. The molecule has 0 heterocycles. The first-order chi connectivity index (χ1) is 47.4. The van der Waals surface area contributed by atoms with Gasteiger partial charge in [0.15, 0.2) is 0 Å². The second-order valence-electron chi connectivity index (χ2n) is 34.7. The lowest BCUT2D eigenvalue weighted by atomic mass is 9.71. The monoisotopic (exact) mass is 1380 g/mol. The SMILES string of the molecule is CC1CC(C)C(C)C(C)C1.CC1CC(C)C(C)C(C)C1.CC1CC(C)C(C)CC1C.Cc1cc(C)c(C)c(C)c1.Cc1cc(C)c(C)c(C)c1.Cc1cc(C)c(C)cc1C.Cc1ccc2c(C)c(C)cc(C)c2c1.Cc1ccc2c(C)c(C)cc(C)c2c1.Cc1ccc2c(C)c(C)ccc2c1C. The van der Waals surface area contributed by atoms with Crippen LogP contribution in [0.3, 0.4) is 0 Å². The van der Waals surface area contributed by atoms with Gasteiger partial charge in [-0.2, -0.15) is 0 Å². The van der Waals surface area contributed by atoms with E-state index in [4.69, 9.17) is 0 Å². The Balaban J connectivity index is 0.000000244. The molecule has 0 amide bonds. The maximum Gasteiger partial charge on any atom is -0.0149 e. The molecule has 0 radical (unpaired) electrons. The molecular weight excluding hydrogens is 1230 g/mol. The van der Waals surface area contributed by atoms with Gasteiger partial charge in [-0.25, -0.2) is 0 Å². The molecule has 0 aliphatic heterocycles. The minimum Gasteiger partial charge on any atom is -0.0625 e. The van der Waals surface area contributed by atoms with Gasteiger partial charge in [0.2, 0.25) is 0 Å². The lowest BCUT2D eigenvalue weighted by Crippen LogP contribution is -2.26. The Labute approximate surface area is 629 Å². The Morgan fingerprint density at radius 1 is 0.167 bits per heavy atom. The van der Waals surface area contributed by atoms with Crippen LogP contribution in [0.1, 0.15) is 255 Å². The highest BCUT2D eigenvalue weighted by Crippen LogP contribution is 2.40. The topological polar surface area (TPSA) is 0 Å². The van der Waals surface area contributed by atoms with Gasteiger partial charge >= 0.3 is 0 Å². The number of hydrogen-bond acceptors (Lipinski definition) is 0. The molecule has 0 N–H and O–H groups in total. The summed E-state index contributed by atoms with van der Waals surface area (Å²) in [5, 5.41) is 8.38. The second kappa shape index (κ2) is 40.3. The Kier molecular flexibility index (Phi) is 34.8. The Morgan fingerprint density at radius 3 is 0.647 bits per heavy atom. The predicted octanol–water partition coefficient (Wildman–Crippen LogP) is 31.0. The lowest BCUT2D eigenvalue weighted by Gasteiger charge is -2.35. The van der Waals surface area contributed by atoms with Gasteiger partial charge in [0.1, 0.15) is 0 Å². The molecule has 0 aromatic heterocycles. The van der Waals surface area contributed by atoms with E-state index in [1.165, 1.54) is 204 Å². The van der Waals surface area contributed by atoms with Crippen molar-refractivity contribution in [2.24, 2.45) is 71.0 Å². The number of aryl methyl sites for hydroxylation is 22. The van der Waals surface area contributed by atoms with Crippen LogP contribution in [0.4, 0.5) is 0 Å². The number of benzene rings is 9. The number of fused-ring (bicyclic) bond motifs is 3. The van der Waals surface area contributed by atoms with Gasteiger partial charge in [0.25, 0.3) is 0 Å². The van der Waals surface area contributed by atoms with Crippen molar-refractivity contribution in [1.82, 2.24) is 0 Å². The maximum absolute atomic E-state index is 2.40. The van der Waals surface area contributed by atoms with E-state index in [0.29, 0.717) is 0 Å². The molecule has 3 fully saturated rings. The highest BCUT2D eigenvalue weighted by atomic mass is 14.3. The molecule has 0 nitrogen and oxygen atoms in total. The summed E-state index contributed by atoms with van der Waals surface area (Å²) in [7, 11) is 0. The van der Waals surface area contributed by atoms with Crippen LogP contribution in [0.25, 0.3) is 32.3 Å². The van der Waals surface area contributed by atoms with Crippen LogP contribution >= 0.6 is 0 Å². The van der Waals surface area contributed by atoms with E-state index >= 15 is 0 Å². The first-order valence-electron chi connectivity index (χ1n) is 40.0. The maximum atomic E-state index is 2.40. The van der Waals surface area contributed by atoms with Gasteiger partial charge in [0, 0.05) is 0 Å². The lowest BCUT2D eigenvalue weighted by molar-refractivity contribution is 0.151. The van der Waals surface area contributed by atoms with Crippen LogP contribution in [-0.4, -0.2) is 0 Å². The molecule has 8 unspecified atom stereocenters. The summed E-state index contributed by atoms with van der Waals surface area (Å²) >= 11 is 0. The molecule has 8 atom stereocenters. The quantitative estimate of drug-likeness (QED) is 0.142. The van der Waals surface area contributed by atoms with Crippen molar-refractivity contribution < 1.29 is 0 Å².